The van der Waals surface area contributed by atoms with Crippen LogP contribution in [0.1, 0.15) is 35.9 Å². The Morgan fingerprint density at radius 3 is 2.92 bits per heavy atom. The van der Waals surface area contributed by atoms with Gasteiger partial charge in [-0.1, -0.05) is 13.3 Å². The summed E-state index contributed by atoms with van der Waals surface area (Å²) in [6, 6.07) is 0. The number of aromatic nitrogens is 3. The van der Waals surface area contributed by atoms with E-state index in [1.807, 2.05) is 0 Å². The van der Waals surface area contributed by atoms with E-state index in [1.54, 1.807) is 7.05 Å². The van der Waals surface area contributed by atoms with Crippen LogP contribution < -0.4 is 16.6 Å². The molecule has 0 saturated heterocycles. The molecular weight excluding hydrogens is 352 g/mol. The monoisotopic (exact) mass is 374 g/mol. The van der Waals surface area contributed by atoms with Crippen molar-refractivity contribution in [3.63, 3.8) is 0 Å². The van der Waals surface area contributed by atoms with E-state index in [0.29, 0.717) is 11.0 Å². The molecule has 1 amide bonds. The first-order chi connectivity index (χ1) is 12.4. The predicted octanol–water partition coefficient (Wildman–Crippen LogP) is 1.71. The van der Waals surface area contributed by atoms with Gasteiger partial charge in [-0.3, -0.25) is 19.5 Å². The largest absolute Gasteiger partial charge is 0.330 e. The first-order valence-corrected chi connectivity index (χ1v) is 9.45. The molecule has 138 valence electrons. The van der Waals surface area contributed by atoms with Gasteiger partial charge in [0, 0.05) is 31.2 Å². The number of nitrogens with zero attached hydrogens (tertiary/aromatic N) is 3. The maximum atomic E-state index is 12.2. The summed E-state index contributed by atoms with van der Waals surface area (Å²) in [5.74, 6) is 0.353. The van der Waals surface area contributed by atoms with Crippen molar-refractivity contribution in [2.75, 3.05) is 5.32 Å². The molecule has 26 heavy (non-hydrogen) atoms. The quantitative estimate of drug-likeness (QED) is 0.826. The highest BCUT2D eigenvalue weighted by Gasteiger charge is 2.21. The highest BCUT2D eigenvalue weighted by molar-refractivity contribution is 7.15. The van der Waals surface area contributed by atoms with E-state index in [4.69, 9.17) is 0 Å². The molecule has 0 unspecified atom stereocenters. The van der Waals surface area contributed by atoms with Gasteiger partial charge in [-0.2, -0.15) is 0 Å². The molecule has 1 N–H and O–H groups in total. The molecule has 1 atom stereocenters. The third-order valence-electron chi connectivity index (χ3n) is 4.74. The molecule has 8 heteroatoms. The van der Waals surface area contributed by atoms with Gasteiger partial charge >= 0.3 is 5.69 Å². The molecule has 0 aromatic carbocycles. The Labute approximate surface area is 155 Å². The first-order valence-electron chi connectivity index (χ1n) is 8.63. The Bertz CT molecular complexity index is 983. The molecule has 0 bridgehead atoms. The van der Waals surface area contributed by atoms with Gasteiger partial charge in [0.05, 0.1) is 11.3 Å². The number of rotatable bonds is 4. The lowest BCUT2D eigenvalue weighted by molar-refractivity contribution is -0.111. The average Bonchev–Trinajstić information content (AvgIpc) is 3.02. The van der Waals surface area contributed by atoms with Gasteiger partial charge in [0.1, 0.15) is 0 Å². The minimum atomic E-state index is -0.438. The number of carbonyl (C=O) groups excluding carboxylic acids is 1. The van der Waals surface area contributed by atoms with E-state index in [-0.39, 0.29) is 11.5 Å². The molecule has 1 aliphatic carbocycles. The number of aryl methyl sites for hydroxylation is 2. The second-order valence-electron chi connectivity index (χ2n) is 6.57. The molecule has 2 aromatic heterocycles. The number of nitrogens with one attached hydrogen (secondary N) is 1. The average molecular weight is 374 g/mol. The van der Waals surface area contributed by atoms with Crippen molar-refractivity contribution in [2.45, 2.75) is 32.6 Å². The van der Waals surface area contributed by atoms with Gasteiger partial charge in [-0.25, -0.2) is 9.78 Å². The van der Waals surface area contributed by atoms with Crippen LogP contribution in [0.2, 0.25) is 0 Å². The zero-order valence-corrected chi connectivity index (χ0v) is 15.9. The van der Waals surface area contributed by atoms with Crippen molar-refractivity contribution in [2.24, 2.45) is 20.0 Å². The van der Waals surface area contributed by atoms with Gasteiger partial charge in [0.2, 0.25) is 5.91 Å². The molecule has 7 nitrogen and oxygen atoms in total. The Kier molecular flexibility index (Phi) is 5.22. The summed E-state index contributed by atoms with van der Waals surface area (Å²) in [6.45, 7) is 2.20. The fraction of sp³-hybridized carbons (Fsp3) is 0.444. The highest BCUT2D eigenvalue weighted by atomic mass is 32.1. The molecule has 0 saturated carbocycles. The molecule has 1 aliphatic rings. The number of amides is 1. The van der Waals surface area contributed by atoms with Gasteiger partial charge < -0.3 is 4.57 Å². The summed E-state index contributed by atoms with van der Waals surface area (Å²) in [5.41, 5.74) is 0.516. The number of thiazole rings is 1. The lowest BCUT2D eigenvalue weighted by Crippen LogP contribution is -2.37. The third-order valence-corrected chi connectivity index (χ3v) is 5.77. The van der Waals surface area contributed by atoms with E-state index < -0.39 is 11.2 Å². The van der Waals surface area contributed by atoms with Gasteiger partial charge in [0.15, 0.2) is 5.13 Å². The van der Waals surface area contributed by atoms with Crippen molar-refractivity contribution in [1.29, 1.82) is 0 Å². The Morgan fingerprint density at radius 1 is 1.42 bits per heavy atom. The summed E-state index contributed by atoms with van der Waals surface area (Å²) in [7, 11) is 2.97. The minimum absolute atomic E-state index is 0.272. The van der Waals surface area contributed by atoms with Crippen LogP contribution in [-0.4, -0.2) is 20.0 Å². The van der Waals surface area contributed by atoms with Crippen molar-refractivity contribution >= 4 is 28.5 Å². The topological polar surface area (TPSA) is 86.0 Å². The van der Waals surface area contributed by atoms with Crippen molar-refractivity contribution in [3.8, 4) is 0 Å². The van der Waals surface area contributed by atoms with Crippen LogP contribution in [0, 0.1) is 5.92 Å². The van der Waals surface area contributed by atoms with Crippen LogP contribution in [0.15, 0.2) is 21.9 Å². The maximum Gasteiger partial charge on any atom is 0.330 e. The summed E-state index contributed by atoms with van der Waals surface area (Å²) in [6.07, 6.45) is 8.43. The molecular formula is C18H22N4O3S. The zero-order chi connectivity index (χ0) is 18.8. The van der Waals surface area contributed by atoms with Crippen LogP contribution in [-0.2, 0) is 31.7 Å². The smallest absolute Gasteiger partial charge is 0.303 e. The molecule has 2 aromatic rings. The zero-order valence-electron chi connectivity index (χ0n) is 15.1. The summed E-state index contributed by atoms with van der Waals surface area (Å²) < 4.78 is 2.31. The number of anilines is 1. The van der Waals surface area contributed by atoms with Crippen LogP contribution in [0.25, 0.3) is 6.08 Å². The van der Waals surface area contributed by atoms with E-state index in [1.165, 1.54) is 46.2 Å². The van der Waals surface area contributed by atoms with Crippen LogP contribution in [0.5, 0.6) is 0 Å². The Morgan fingerprint density at radius 2 is 2.19 bits per heavy atom. The number of hydrogen-bond donors (Lipinski definition) is 1. The molecule has 0 spiro atoms. The molecule has 0 aliphatic heterocycles. The van der Waals surface area contributed by atoms with Crippen LogP contribution in [0.3, 0.4) is 0 Å². The number of hydrogen-bond acceptors (Lipinski definition) is 5. The maximum absolute atomic E-state index is 12.2. The number of carbonyl (C=O) groups is 1. The van der Waals surface area contributed by atoms with Gasteiger partial charge in [-0.15, -0.1) is 11.3 Å². The van der Waals surface area contributed by atoms with Crippen molar-refractivity contribution < 1.29 is 4.79 Å². The fourth-order valence-corrected chi connectivity index (χ4v) is 4.23. The highest BCUT2D eigenvalue weighted by Crippen LogP contribution is 2.33. The summed E-state index contributed by atoms with van der Waals surface area (Å²) in [5, 5.41) is 3.36. The SMILES string of the molecule is CC[C@@H]1CCc2nc(NC(=O)/C=C/c3cn(C)c(=O)n(C)c3=O)sc2C1. The molecule has 0 radical (unpaired) electrons. The van der Waals surface area contributed by atoms with Crippen LogP contribution >= 0.6 is 11.3 Å². The lowest BCUT2D eigenvalue weighted by atomic mass is 9.89. The molecule has 2 heterocycles. The second-order valence-corrected chi connectivity index (χ2v) is 7.65. The van der Waals surface area contributed by atoms with Crippen LogP contribution in [0.4, 0.5) is 5.13 Å². The van der Waals surface area contributed by atoms with E-state index in [9.17, 15) is 14.4 Å². The third kappa shape index (κ3) is 3.70. The van der Waals surface area contributed by atoms with E-state index in [0.717, 1.165) is 35.9 Å². The standard InChI is InChI=1S/C18H22N4O3S/c1-4-11-5-7-13-14(9-11)26-17(19-13)20-15(23)8-6-12-10-21(2)18(25)22(3)16(12)24/h6,8,10-11H,4-5,7,9H2,1-3H3,(H,19,20,23)/b8-6+/t11-/m1/s1. The van der Waals surface area contributed by atoms with E-state index in [2.05, 4.69) is 17.2 Å². The molecule has 3 rings (SSSR count). The Hall–Kier alpha value is -2.48. The van der Waals surface area contributed by atoms with E-state index >= 15 is 0 Å². The summed E-state index contributed by atoms with van der Waals surface area (Å²) in [4.78, 5) is 41.7. The predicted molar refractivity (Wildman–Crippen MR) is 103 cm³/mol. The summed E-state index contributed by atoms with van der Waals surface area (Å²) >= 11 is 1.53. The number of fused-ring (bicyclic) bond motifs is 1. The lowest BCUT2D eigenvalue weighted by Gasteiger charge is -2.18. The first kappa shape index (κ1) is 18.3. The molecule has 0 fully saturated rings. The Balaban J connectivity index is 1.72. The van der Waals surface area contributed by atoms with Crippen molar-refractivity contribution in [3.05, 3.63) is 49.2 Å². The fourth-order valence-electron chi connectivity index (χ4n) is 3.11. The van der Waals surface area contributed by atoms with Crippen molar-refractivity contribution in [1.82, 2.24) is 14.1 Å². The second kappa shape index (κ2) is 7.41. The van der Waals surface area contributed by atoms with Gasteiger partial charge in [0.25, 0.3) is 5.56 Å². The minimum Gasteiger partial charge on any atom is -0.303 e. The normalized spacial score (nSPS) is 16.7. The van der Waals surface area contributed by atoms with Gasteiger partial charge in [-0.05, 0) is 31.3 Å².